The minimum absolute atomic E-state index is 0.279. The summed E-state index contributed by atoms with van der Waals surface area (Å²) in [6, 6.07) is 29.8. The molecule has 0 bridgehead atoms. The predicted octanol–water partition coefficient (Wildman–Crippen LogP) is 7.78. The molecule has 6 aromatic rings. The molecule has 3 heteroatoms. The maximum Gasteiger partial charge on any atom is 0.140 e. The van der Waals surface area contributed by atoms with Crippen molar-refractivity contribution in [1.29, 1.82) is 0 Å². The SMILES string of the molecule is CNc1c(O)cc(-c2ccc3ccc4ccccc4c3c2)c2sc3ccccc3c12. The number of benzene rings is 5. The van der Waals surface area contributed by atoms with Crippen LogP contribution in [0, 0.1) is 0 Å². The number of rotatable bonds is 2. The molecule has 2 N–H and O–H groups in total. The van der Waals surface area contributed by atoms with E-state index in [1.165, 1.54) is 36.3 Å². The summed E-state index contributed by atoms with van der Waals surface area (Å²) < 4.78 is 2.42. The molecule has 0 aliphatic rings. The van der Waals surface area contributed by atoms with Crippen molar-refractivity contribution in [2.75, 3.05) is 12.4 Å². The molecule has 2 nitrogen and oxygen atoms in total. The molecule has 144 valence electrons. The molecule has 0 unspecified atom stereocenters. The highest BCUT2D eigenvalue weighted by Gasteiger charge is 2.17. The Morgan fingerprint density at radius 3 is 2.27 bits per heavy atom. The first kappa shape index (κ1) is 17.3. The molecular weight excluding hydrogens is 386 g/mol. The fraction of sp³-hybridized carbons (Fsp3) is 0.0370. The van der Waals surface area contributed by atoms with Gasteiger partial charge in [0.25, 0.3) is 0 Å². The second-order valence-corrected chi connectivity index (χ2v) is 8.65. The van der Waals surface area contributed by atoms with Crippen LogP contribution in [0.15, 0.2) is 84.9 Å². The van der Waals surface area contributed by atoms with Crippen LogP contribution in [0.3, 0.4) is 0 Å². The van der Waals surface area contributed by atoms with Crippen LogP contribution < -0.4 is 5.32 Å². The maximum absolute atomic E-state index is 10.9. The lowest BCUT2D eigenvalue weighted by Gasteiger charge is -2.12. The fourth-order valence-electron chi connectivity index (χ4n) is 4.52. The third-order valence-corrected chi connectivity index (χ3v) is 7.14. The lowest BCUT2D eigenvalue weighted by atomic mass is 9.95. The molecule has 1 aromatic heterocycles. The summed E-state index contributed by atoms with van der Waals surface area (Å²) in [5, 5.41) is 21.3. The molecule has 30 heavy (non-hydrogen) atoms. The number of phenolic OH excluding ortho intramolecular Hbond substituents is 1. The Labute approximate surface area is 178 Å². The van der Waals surface area contributed by atoms with Gasteiger partial charge in [-0.15, -0.1) is 11.3 Å². The van der Waals surface area contributed by atoms with E-state index in [9.17, 15) is 5.11 Å². The maximum atomic E-state index is 10.9. The van der Waals surface area contributed by atoms with Crippen molar-refractivity contribution >= 4 is 58.7 Å². The van der Waals surface area contributed by atoms with Gasteiger partial charge >= 0.3 is 0 Å². The molecule has 0 radical (unpaired) electrons. The van der Waals surface area contributed by atoms with Gasteiger partial charge in [0.2, 0.25) is 0 Å². The van der Waals surface area contributed by atoms with Gasteiger partial charge in [0, 0.05) is 32.8 Å². The van der Waals surface area contributed by atoms with E-state index in [2.05, 4.69) is 84.2 Å². The fourth-order valence-corrected chi connectivity index (χ4v) is 5.77. The predicted molar refractivity (Wildman–Crippen MR) is 131 cm³/mol. The Bertz CT molecular complexity index is 1600. The van der Waals surface area contributed by atoms with Gasteiger partial charge in [0.1, 0.15) is 5.75 Å². The summed E-state index contributed by atoms with van der Waals surface area (Å²) in [5.74, 6) is 0.279. The van der Waals surface area contributed by atoms with Gasteiger partial charge in [-0.2, -0.15) is 0 Å². The largest absolute Gasteiger partial charge is 0.506 e. The average Bonchev–Trinajstić information content (AvgIpc) is 3.18. The second kappa shape index (κ2) is 6.48. The van der Waals surface area contributed by atoms with Crippen LogP contribution in [-0.4, -0.2) is 12.2 Å². The summed E-state index contributed by atoms with van der Waals surface area (Å²) in [5.41, 5.74) is 2.98. The van der Waals surface area contributed by atoms with Gasteiger partial charge in [-0.1, -0.05) is 66.7 Å². The highest BCUT2D eigenvalue weighted by Crippen LogP contribution is 2.47. The van der Waals surface area contributed by atoms with Crippen LogP contribution in [0.1, 0.15) is 0 Å². The lowest BCUT2D eigenvalue weighted by molar-refractivity contribution is 0.478. The molecule has 0 saturated heterocycles. The zero-order chi connectivity index (χ0) is 20.2. The topological polar surface area (TPSA) is 32.3 Å². The minimum Gasteiger partial charge on any atom is -0.506 e. The van der Waals surface area contributed by atoms with E-state index in [4.69, 9.17) is 0 Å². The van der Waals surface area contributed by atoms with E-state index in [-0.39, 0.29) is 5.75 Å². The third kappa shape index (κ3) is 2.42. The van der Waals surface area contributed by atoms with Gasteiger partial charge in [-0.3, -0.25) is 0 Å². The van der Waals surface area contributed by atoms with Crippen LogP contribution in [0.25, 0.3) is 52.8 Å². The molecule has 0 spiro atoms. The number of hydrogen-bond acceptors (Lipinski definition) is 3. The molecule has 1 heterocycles. The third-order valence-electron chi connectivity index (χ3n) is 5.94. The van der Waals surface area contributed by atoms with E-state index in [0.29, 0.717) is 0 Å². The van der Waals surface area contributed by atoms with Crippen molar-refractivity contribution in [2.24, 2.45) is 0 Å². The summed E-state index contributed by atoms with van der Waals surface area (Å²) in [6.45, 7) is 0. The normalized spacial score (nSPS) is 11.6. The van der Waals surface area contributed by atoms with E-state index in [1.54, 1.807) is 11.3 Å². The van der Waals surface area contributed by atoms with Crippen molar-refractivity contribution in [3.05, 3.63) is 84.9 Å². The van der Waals surface area contributed by atoms with Gasteiger partial charge in [-0.25, -0.2) is 0 Å². The number of aromatic hydroxyl groups is 1. The van der Waals surface area contributed by atoms with Crippen LogP contribution in [0.4, 0.5) is 5.69 Å². The van der Waals surface area contributed by atoms with E-state index < -0.39 is 0 Å². The molecule has 0 aliphatic carbocycles. The molecule has 6 rings (SSSR count). The quantitative estimate of drug-likeness (QED) is 0.228. The Morgan fingerprint density at radius 1 is 0.733 bits per heavy atom. The van der Waals surface area contributed by atoms with Crippen LogP contribution in [-0.2, 0) is 0 Å². The average molecular weight is 406 g/mol. The van der Waals surface area contributed by atoms with Gasteiger partial charge in [0.15, 0.2) is 0 Å². The molecule has 0 saturated carbocycles. The van der Waals surface area contributed by atoms with Crippen molar-refractivity contribution in [2.45, 2.75) is 0 Å². The van der Waals surface area contributed by atoms with Crippen molar-refractivity contribution < 1.29 is 5.11 Å². The Morgan fingerprint density at radius 2 is 1.43 bits per heavy atom. The monoisotopic (exact) mass is 405 g/mol. The number of phenols is 1. The smallest absolute Gasteiger partial charge is 0.140 e. The van der Waals surface area contributed by atoms with Crippen LogP contribution >= 0.6 is 11.3 Å². The van der Waals surface area contributed by atoms with Crippen molar-refractivity contribution in [1.82, 2.24) is 0 Å². The molecule has 0 aliphatic heterocycles. The van der Waals surface area contributed by atoms with Crippen molar-refractivity contribution in [3.8, 4) is 16.9 Å². The zero-order valence-corrected chi connectivity index (χ0v) is 17.3. The van der Waals surface area contributed by atoms with E-state index in [1.807, 2.05) is 13.1 Å². The number of hydrogen-bond donors (Lipinski definition) is 2. The molecule has 0 atom stereocenters. The highest BCUT2D eigenvalue weighted by molar-refractivity contribution is 7.26. The summed E-state index contributed by atoms with van der Waals surface area (Å²) >= 11 is 1.78. The minimum atomic E-state index is 0.279. The molecule has 5 aromatic carbocycles. The van der Waals surface area contributed by atoms with Crippen LogP contribution in [0.2, 0.25) is 0 Å². The Balaban J connectivity index is 1.72. The second-order valence-electron chi connectivity index (χ2n) is 7.59. The summed E-state index contributed by atoms with van der Waals surface area (Å²) in [4.78, 5) is 0. The molecule has 0 fully saturated rings. The van der Waals surface area contributed by atoms with Gasteiger partial charge < -0.3 is 10.4 Å². The number of thiophene rings is 1. The van der Waals surface area contributed by atoms with E-state index >= 15 is 0 Å². The lowest BCUT2D eigenvalue weighted by Crippen LogP contribution is -1.91. The molecular formula is C27H19NOS. The number of nitrogens with one attached hydrogen (secondary N) is 1. The Kier molecular flexibility index (Phi) is 3.74. The summed E-state index contributed by atoms with van der Waals surface area (Å²) in [6.07, 6.45) is 0. The first-order chi connectivity index (χ1) is 14.7. The summed E-state index contributed by atoms with van der Waals surface area (Å²) in [7, 11) is 1.86. The first-order valence-corrected chi connectivity index (χ1v) is 10.8. The zero-order valence-electron chi connectivity index (χ0n) is 16.4. The number of fused-ring (bicyclic) bond motifs is 6. The van der Waals surface area contributed by atoms with Gasteiger partial charge in [0.05, 0.1) is 5.69 Å². The van der Waals surface area contributed by atoms with E-state index in [0.717, 1.165) is 22.2 Å². The highest BCUT2D eigenvalue weighted by atomic mass is 32.1. The van der Waals surface area contributed by atoms with Gasteiger partial charge in [-0.05, 0) is 45.3 Å². The standard InChI is InChI=1S/C27H19NOS/c1-28-26-23(29)15-22(27-25(26)20-8-4-5-9-24(20)30-27)18-13-12-17-11-10-16-6-2-3-7-19(16)21(17)14-18/h2-15,28-29H,1H3. The van der Waals surface area contributed by atoms with Crippen LogP contribution in [0.5, 0.6) is 5.75 Å². The first-order valence-electron chi connectivity index (χ1n) is 10.0. The van der Waals surface area contributed by atoms with Crippen molar-refractivity contribution in [3.63, 3.8) is 0 Å². The Hall–Kier alpha value is -3.56. The number of anilines is 1. The molecule has 0 amide bonds.